The quantitative estimate of drug-likeness (QED) is 0.706. The van der Waals surface area contributed by atoms with Gasteiger partial charge in [-0.2, -0.15) is 0 Å². The maximum absolute atomic E-state index is 12.4. The van der Waals surface area contributed by atoms with E-state index >= 15 is 0 Å². The zero-order chi connectivity index (χ0) is 13.8. The van der Waals surface area contributed by atoms with Gasteiger partial charge in [-0.1, -0.05) is 15.9 Å². The number of carbonyl (C=O) groups is 1. The molecule has 2 nitrogen and oxygen atoms in total. The molecule has 4 heteroatoms. The largest absolute Gasteiger partial charge is 0.494 e. The predicted molar refractivity (Wildman–Crippen MR) is 82.9 cm³/mol. The number of hydrogen-bond donors (Lipinski definition) is 0. The molecule has 0 saturated carbocycles. The molecule has 0 unspecified atom stereocenters. The van der Waals surface area contributed by atoms with Crippen LogP contribution in [-0.2, 0) is 0 Å². The first kappa shape index (κ1) is 14.3. The Bertz CT molecular complexity index is 592. The topological polar surface area (TPSA) is 26.3 Å². The van der Waals surface area contributed by atoms with Crippen molar-refractivity contribution in [3.63, 3.8) is 0 Å². The molecule has 0 aliphatic rings. The molecule has 2 aromatic carbocycles. The average Bonchev–Trinajstić information content (AvgIpc) is 2.39. The second kappa shape index (κ2) is 6.35. The molecule has 0 fully saturated rings. The summed E-state index contributed by atoms with van der Waals surface area (Å²) < 4.78 is 7.07. The molecule has 0 heterocycles. The lowest BCUT2D eigenvalue weighted by atomic mass is 10.0. The zero-order valence-electron chi connectivity index (χ0n) is 10.3. The third kappa shape index (κ3) is 3.45. The third-order valence-electron chi connectivity index (χ3n) is 2.60. The summed E-state index contributed by atoms with van der Waals surface area (Å²) in [5.74, 6) is 0.761. The van der Waals surface area contributed by atoms with Crippen molar-refractivity contribution < 1.29 is 9.53 Å². The van der Waals surface area contributed by atoms with E-state index in [2.05, 4.69) is 31.9 Å². The molecule has 0 aliphatic carbocycles. The van der Waals surface area contributed by atoms with Gasteiger partial charge in [0.05, 0.1) is 6.61 Å². The van der Waals surface area contributed by atoms with E-state index in [-0.39, 0.29) is 5.78 Å². The van der Waals surface area contributed by atoms with Crippen LogP contribution < -0.4 is 4.74 Å². The summed E-state index contributed by atoms with van der Waals surface area (Å²) in [4.78, 5) is 12.4. The highest BCUT2D eigenvalue weighted by Crippen LogP contribution is 2.25. The van der Waals surface area contributed by atoms with Crippen LogP contribution in [-0.4, -0.2) is 12.4 Å². The van der Waals surface area contributed by atoms with Crippen molar-refractivity contribution in [2.45, 2.75) is 6.92 Å². The lowest BCUT2D eigenvalue weighted by Gasteiger charge is -2.06. The Labute approximate surface area is 129 Å². The normalized spacial score (nSPS) is 10.3. The average molecular weight is 384 g/mol. The Morgan fingerprint density at radius 2 is 1.79 bits per heavy atom. The summed E-state index contributed by atoms with van der Waals surface area (Å²) in [5.41, 5.74) is 1.29. The van der Waals surface area contributed by atoms with E-state index in [1.54, 1.807) is 18.2 Å². The molecule has 0 atom stereocenters. The van der Waals surface area contributed by atoms with Gasteiger partial charge in [0, 0.05) is 20.1 Å². The van der Waals surface area contributed by atoms with Crippen LogP contribution in [0.15, 0.2) is 51.4 Å². The number of rotatable bonds is 4. The highest BCUT2D eigenvalue weighted by atomic mass is 79.9. The minimum absolute atomic E-state index is 0.0116. The van der Waals surface area contributed by atoms with Gasteiger partial charge in [-0.05, 0) is 65.3 Å². The first-order valence-electron chi connectivity index (χ1n) is 5.84. The molecular formula is C15H12Br2O2. The first-order chi connectivity index (χ1) is 9.11. The van der Waals surface area contributed by atoms with Crippen molar-refractivity contribution in [3.8, 4) is 5.75 Å². The lowest BCUT2D eigenvalue weighted by Crippen LogP contribution is -2.02. The number of ketones is 1. The summed E-state index contributed by atoms with van der Waals surface area (Å²) in [5, 5.41) is 0. The highest BCUT2D eigenvalue weighted by Gasteiger charge is 2.12. The monoisotopic (exact) mass is 382 g/mol. The van der Waals surface area contributed by atoms with Gasteiger partial charge in [-0.15, -0.1) is 0 Å². The molecule has 0 radical (unpaired) electrons. The number of benzene rings is 2. The number of ether oxygens (including phenoxy) is 1. The predicted octanol–water partition coefficient (Wildman–Crippen LogP) is 4.84. The molecule has 98 valence electrons. The second-order valence-electron chi connectivity index (χ2n) is 3.91. The standard InChI is InChI=1S/C15H12Br2O2/c1-2-19-12-6-3-10(4-7-12)15(18)13-8-5-11(16)9-14(13)17/h3-9H,2H2,1H3. The van der Waals surface area contributed by atoms with Crippen molar-refractivity contribution in [1.29, 1.82) is 0 Å². The summed E-state index contributed by atoms with van der Waals surface area (Å²) in [6.07, 6.45) is 0. The third-order valence-corrected chi connectivity index (χ3v) is 3.75. The van der Waals surface area contributed by atoms with E-state index in [1.165, 1.54) is 0 Å². The van der Waals surface area contributed by atoms with Crippen LogP contribution in [0.3, 0.4) is 0 Å². The summed E-state index contributed by atoms with van der Waals surface area (Å²) in [6.45, 7) is 2.55. The number of hydrogen-bond acceptors (Lipinski definition) is 2. The van der Waals surface area contributed by atoms with Gasteiger partial charge in [-0.3, -0.25) is 4.79 Å². The molecule has 0 aromatic heterocycles. The van der Waals surface area contributed by atoms with Crippen LogP contribution in [0, 0.1) is 0 Å². The van der Waals surface area contributed by atoms with E-state index in [4.69, 9.17) is 4.74 Å². The Morgan fingerprint density at radius 1 is 1.11 bits per heavy atom. The first-order valence-corrected chi connectivity index (χ1v) is 7.43. The van der Waals surface area contributed by atoms with E-state index in [1.807, 2.05) is 31.2 Å². The molecule has 0 spiro atoms. The molecule has 0 bridgehead atoms. The Balaban J connectivity index is 2.28. The van der Waals surface area contributed by atoms with Gasteiger partial charge < -0.3 is 4.74 Å². The van der Waals surface area contributed by atoms with Crippen LogP contribution >= 0.6 is 31.9 Å². The van der Waals surface area contributed by atoms with Crippen LogP contribution in [0.2, 0.25) is 0 Å². The van der Waals surface area contributed by atoms with Gasteiger partial charge in [0.15, 0.2) is 5.78 Å². The molecule has 2 aromatic rings. The fourth-order valence-corrected chi connectivity index (χ4v) is 2.93. The maximum Gasteiger partial charge on any atom is 0.194 e. The van der Waals surface area contributed by atoms with Crippen LogP contribution in [0.4, 0.5) is 0 Å². The Morgan fingerprint density at radius 3 is 2.37 bits per heavy atom. The van der Waals surface area contributed by atoms with Crippen molar-refractivity contribution >= 4 is 37.6 Å². The smallest absolute Gasteiger partial charge is 0.194 e. The van der Waals surface area contributed by atoms with Gasteiger partial charge in [0.1, 0.15) is 5.75 Å². The van der Waals surface area contributed by atoms with Crippen LogP contribution in [0.5, 0.6) is 5.75 Å². The van der Waals surface area contributed by atoms with Gasteiger partial charge in [0.25, 0.3) is 0 Å². The van der Waals surface area contributed by atoms with E-state index < -0.39 is 0 Å². The SMILES string of the molecule is CCOc1ccc(C(=O)c2ccc(Br)cc2Br)cc1. The number of carbonyl (C=O) groups excluding carboxylic acids is 1. The van der Waals surface area contributed by atoms with Gasteiger partial charge in [-0.25, -0.2) is 0 Å². The lowest BCUT2D eigenvalue weighted by molar-refractivity contribution is 0.103. The second-order valence-corrected chi connectivity index (χ2v) is 5.68. The minimum Gasteiger partial charge on any atom is -0.494 e. The Hall–Kier alpha value is -1.13. The molecule has 0 amide bonds. The molecule has 2 rings (SSSR count). The number of halogens is 2. The molecular weight excluding hydrogens is 372 g/mol. The van der Waals surface area contributed by atoms with Gasteiger partial charge in [0.2, 0.25) is 0 Å². The van der Waals surface area contributed by atoms with Crippen LogP contribution in [0.1, 0.15) is 22.8 Å². The Kier molecular flexibility index (Phi) is 4.77. The van der Waals surface area contributed by atoms with E-state index in [0.717, 1.165) is 14.7 Å². The summed E-state index contributed by atoms with van der Waals surface area (Å²) >= 11 is 6.78. The summed E-state index contributed by atoms with van der Waals surface area (Å²) in [7, 11) is 0. The fraction of sp³-hybridized carbons (Fsp3) is 0.133. The fourth-order valence-electron chi connectivity index (χ4n) is 1.70. The van der Waals surface area contributed by atoms with Crippen molar-refractivity contribution in [1.82, 2.24) is 0 Å². The van der Waals surface area contributed by atoms with Crippen molar-refractivity contribution in [3.05, 3.63) is 62.5 Å². The minimum atomic E-state index is -0.0116. The van der Waals surface area contributed by atoms with Crippen molar-refractivity contribution in [2.24, 2.45) is 0 Å². The molecule has 0 aliphatic heterocycles. The maximum atomic E-state index is 12.4. The zero-order valence-corrected chi connectivity index (χ0v) is 13.5. The van der Waals surface area contributed by atoms with E-state index in [9.17, 15) is 4.79 Å². The van der Waals surface area contributed by atoms with Crippen LogP contribution in [0.25, 0.3) is 0 Å². The molecule has 0 N–H and O–H groups in total. The summed E-state index contributed by atoms with van der Waals surface area (Å²) in [6, 6.07) is 12.7. The highest BCUT2D eigenvalue weighted by molar-refractivity contribution is 9.11. The molecule has 19 heavy (non-hydrogen) atoms. The van der Waals surface area contributed by atoms with Gasteiger partial charge >= 0.3 is 0 Å². The van der Waals surface area contributed by atoms with Crippen molar-refractivity contribution in [2.75, 3.05) is 6.61 Å². The van der Waals surface area contributed by atoms with E-state index in [0.29, 0.717) is 17.7 Å². The molecule has 0 saturated heterocycles.